The third-order valence-corrected chi connectivity index (χ3v) is 3.54. The molecule has 108 valence electrons. The van der Waals surface area contributed by atoms with Gasteiger partial charge in [0.05, 0.1) is 18.7 Å². The quantitative estimate of drug-likeness (QED) is 0.798. The second-order valence-corrected chi connectivity index (χ2v) is 5.18. The fraction of sp³-hybridized carbons (Fsp3) is 0.235. The van der Waals surface area contributed by atoms with Crippen LogP contribution in [0.1, 0.15) is 17.1 Å². The van der Waals surface area contributed by atoms with Gasteiger partial charge < -0.3 is 14.4 Å². The van der Waals surface area contributed by atoms with Crippen molar-refractivity contribution in [3.05, 3.63) is 59.5 Å². The molecule has 0 unspecified atom stereocenters. The summed E-state index contributed by atoms with van der Waals surface area (Å²) in [5.74, 6) is 2.63. The predicted molar refractivity (Wildman–Crippen MR) is 83.2 cm³/mol. The summed E-state index contributed by atoms with van der Waals surface area (Å²) < 4.78 is 5.60. The van der Waals surface area contributed by atoms with Crippen molar-refractivity contribution in [3.63, 3.8) is 0 Å². The van der Waals surface area contributed by atoms with Gasteiger partial charge in [-0.2, -0.15) is 0 Å². The molecule has 0 aliphatic carbocycles. The highest BCUT2D eigenvalue weighted by Gasteiger charge is 2.10. The minimum atomic E-state index is 0.00370. The van der Waals surface area contributed by atoms with E-state index in [-0.39, 0.29) is 6.61 Å². The molecule has 0 spiro atoms. The van der Waals surface area contributed by atoms with Crippen LogP contribution in [0.15, 0.2) is 46.9 Å². The Morgan fingerprint density at radius 2 is 2.00 bits per heavy atom. The number of nitrogens with zero attached hydrogens (tertiary/aromatic N) is 2. The van der Waals surface area contributed by atoms with E-state index in [1.807, 2.05) is 61.3 Å². The van der Waals surface area contributed by atoms with Crippen molar-refractivity contribution in [2.45, 2.75) is 20.1 Å². The molecule has 3 aromatic rings. The first-order chi connectivity index (χ1) is 10.2. The van der Waals surface area contributed by atoms with Gasteiger partial charge in [-0.25, -0.2) is 4.98 Å². The first-order valence-electron chi connectivity index (χ1n) is 6.93. The van der Waals surface area contributed by atoms with Gasteiger partial charge in [0.2, 0.25) is 0 Å². The van der Waals surface area contributed by atoms with Crippen molar-refractivity contribution in [1.82, 2.24) is 4.98 Å². The first-order valence-corrected chi connectivity index (χ1v) is 6.93. The van der Waals surface area contributed by atoms with Crippen LogP contribution in [0.4, 0.5) is 5.82 Å². The summed E-state index contributed by atoms with van der Waals surface area (Å²) in [4.78, 5) is 6.68. The number of aryl methyl sites for hydroxylation is 1. The fourth-order valence-electron chi connectivity index (χ4n) is 2.44. The van der Waals surface area contributed by atoms with E-state index in [0.717, 1.165) is 33.8 Å². The Kier molecular flexibility index (Phi) is 3.62. The highest BCUT2D eigenvalue weighted by atomic mass is 16.3. The van der Waals surface area contributed by atoms with Gasteiger partial charge in [-0.15, -0.1) is 0 Å². The molecule has 0 aliphatic rings. The molecule has 3 rings (SSSR count). The van der Waals surface area contributed by atoms with E-state index in [2.05, 4.69) is 4.98 Å². The molecule has 0 aliphatic heterocycles. The van der Waals surface area contributed by atoms with Crippen LogP contribution >= 0.6 is 0 Å². The molecular formula is C17H18N2O2. The molecule has 1 aromatic carbocycles. The smallest absolute Gasteiger partial charge is 0.129 e. The van der Waals surface area contributed by atoms with Gasteiger partial charge in [-0.05, 0) is 36.8 Å². The van der Waals surface area contributed by atoms with E-state index in [4.69, 9.17) is 4.42 Å². The van der Waals surface area contributed by atoms with Gasteiger partial charge >= 0.3 is 0 Å². The molecule has 0 bridgehead atoms. The Morgan fingerprint density at radius 1 is 1.19 bits per heavy atom. The maximum atomic E-state index is 9.57. The van der Waals surface area contributed by atoms with Gasteiger partial charge in [-0.3, -0.25) is 0 Å². The largest absolute Gasteiger partial charge is 0.464 e. The zero-order valence-electron chi connectivity index (χ0n) is 12.2. The molecule has 0 atom stereocenters. The molecule has 0 saturated heterocycles. The Hall–Kier alpha value is -2.33. The first kappa shape index (κ1) is 13.6. The molecule has 0 saturated carbocycles. The number of para-hydroxylation sites is 1. The number of fused-ring (bicyclic) bond motifs is 1. The molecule has 2 aromatic heterocycles. The monoisotopic (exact) mass is 282 g/mol. The van der Waals surface area contributed by atoms with E-state index in [1.54, 1.807) is 0 Å². The Morgan fingerprint density at radius 3 is 2.71 bits per heavy atom. The van der Waals surface area contributed by atoms with Crippen LogP contribution in [-0.4, -0.2) is 17.1 Å². The lowest BCUT2D eigenvalue weighted by Gasteiger charge is -2.18. The van der Waals surface area contributed by atoms with Crippen molar-refractivity contribution >= 4 is 16.7 Å². The average Bonchev–Trinajstić information content (AvgIpc) is 2.91. The third kappa shape index (κ3) is 2.76. The molecule has 0 amide bonds. The van der Waals surface area contributed by atoms with Gasteiger partial charge in [0.15, 0.2) is 0 Å². The van der Waals surface area contributed by atoms with Crippen LogP contribution in [-0.2, 0) is 13.2 Å². The Balaban J connectivity index is 1.95. The molecule has 1 N–H and O–H groups in total. The van der Waals surface area contributed by atoms with Crippen molar-refractivity contribution in [3.8, 4) is 0 Å². The lowest BCUT2D eigenvalue weighted by atomic mass is 10.1. The summed E-state index contributed by atoms with van der Waals surface area (Å²) in [5, 5.41) is 10.6. The van der Waals surface area contributed by atoms with Crippen LogP contribution in [0, 0.1) is 6.92 Å². The van der Waals surface area contributed by atoms with Crippen LogP contribution in [0.25, 0.3) is 10.9 Å². The predicted octanol–water partition coefficient (Wildman–Crippen LogP) is 3.26. The number of aliphatic hydroxyl groups excluding tert-OH is 1. The van der Waals surface area contributed by atoms with E-state index >= 15 is 0 Å². The highest BCUT2D eigenvalue weighted by Crippen LogP contribution is 2.23. The zero-order valence-corrected chi connectivity index (χ0v) is 12.2. The molecule has 0 fully saturated rings. The number of aromatic nitrogens is 1. The zero-order chi connectivity index (χ0) is 14.8. The Labute approximate surface area is 123 Å². The minimum Gasteiger partial charge on any atom is -0.464 e. The SMILES string of the molecule is Cc1ccc(CN(C)c2cc(CO)c3ccccc3n2)o1. The van der Waals surface area contributed by atoms with Crippen molar-refractivity contribution in [2.75, 3.05) is 11.9 Å². The average molecular weight is 282 g/mol. The normalized spacial score (nSPS) is 11.0. The van der Waals surface area contributed by atoms with Crippen LogP contribution in [0.5, 0.6) is 0 Å². The standard InChI is InChI=1S/C17H18N2O2/c1-12-7-8-14(21-12)10-19(2)17-9-13(11-20)15-5-3-4-6-16(15)18-17/h3-9,20H,10-11H2,1-2H3. The summed E-state index contributed by atoms with van der Waals surface area (Å²) in [7, 11) is 1.97. The summed E-state index contributed by atoms with van der Waals surface area (Å²) in [5.41, 5.74) is 1.78. The van der Waals surface area contributed by atoms with Gasteiger partial charge in [-0.1, -0.05) is 18.2 Å². The number of benzene rings is 1. The van der Waals surface area contributed by atoms with Crippen LogP contribution < -0.4 is 4.90 Å². The second kappa shape index (κ2) is 5.58. The number of furan rings is 1. The van der Waals surface area contributed by atoms with Crippen molar-refractivity contribution < 1.29 is 9.52 Å². The summed E-state index contributed by atoms with van der Waals surface area (Å²) in [6.07, 6.45) is 0. The molecule has 4 heteroatoms. The fourth-order valence-corrected chi connectivity index (χ4v) is 2.44. The summed E-state index contributed by atoms with van der Waals surface area (Å²) in [6, 6.07) is 13.7. The van der Waals surface area contributed by atoms with E-state index in [1.165, 1.54) is 0 Å². The number of anilines is 1. The summed E-state index contributed by atoms with van der Waals surface area (Å²) in [6.45, 7) is 2.58. The maximum absolute atomic E-state index is 9.57. The Bertz CT molecular complexity index is 764. The minimum absolute atomic E-state index is 0.00370. The van der Waals surface area contributed by atoms with Gasteiger partial charge in [0.25, 0.3) is 0 Å². The summed E-state index contributed by atoms with van der Waals surface area (Å²) >= 11 is 0. The lowest BCUT2D eigenvalue weighted by Crippen LogP contribution is -2.17. The van der Waals surface area contributed by atoms with E-state index in [9.17, 15) is 5.11 Å². The number of aliphatic hydroxyl groups is 1. The highest BCUT2D eigenvalue weighted by molar-refractivity contribution is 5.84. The second-order valence-electron chi connectivity index (χ2n) is 5.18. The lowest BCUT2D eigenvalue weighted by molar-refractivity contribution is 0.283. The molecule has 0 radical (unpaired) electrons. The molecular weight excluding hydrogens is 264 g/mol. The van der Waals surface area contributed by atoms with E-state index < -0.39 is 0 Å². The topological polar surface area (TPSA) is 49.5 Å². The number of hydrogen-bond acceptors (Lipinski definition) is 4. The third-order valence-electron chi connectivity index (χ3n) is 3.54. The molecule has 4 nitrogen and oxygen atoms in total. The van der Waals surface area contributed by atoms with Gasteiger partial charge in [0.1, 0.15) is 17.3 Å². The van der Waals surface area contributed by atoms with Gasteiger partial charge in [0, 0.05) is 12.4 Å². The van der Waals surface area contributed by atoms with Crippen molar-refractivity contribution in [1.29, 1.82) is 0 Å². The molecule has 2 heterocycles. The maximum Gasteiger partial charge on any atom is 0.129 e. The van der Waals surface area contributed by atoms with Crippen LogP contribution in [0.2, 0.25) is 0 Å². The van der Waals surface area contributed by atoms with Crippen molar-refractivity contribution in [2.24, 2.45) is 0 Å². The van der Waals surface area contributed by atoms with E-state index in [0.29, 0.717) is 6.54 Å². The van der Waals surface area contributed by atoms with Crippen LogP contribution in [0.3, 0.4) is 0 Å². The number of hydrogen-bond donors (Lipinski definition) is 1. The number of pyridine rings is 1. The number of rotatable bonds is 4. The molecule has 21 heavy (non-hydrogen) atoms.